The topological polar surface area (TPSA) is 52.7 Å². The van der Waals surface area contributed by atoms with Crippen molar-refractivity contribution in [3.63, 3.8) is 0 Å². The van der Waals surface area contributed by atoms with Crippen LogP contribution in [0.15, 0.2) is 60.0 Å². The van der Waals surface area contributed by atoms with Gasteiger partial charge in [-0.15, -0.1) is 11.3 Å². The van der Waals surface area contributed by atoms with Gasteiger partial charge in [0.05, 0.1) is 13.0 Å². The molecule has 0 radical (unpaired) electrons. The zero-order valence-electron chi connectivity index (χ0n) is 16.3. The van der Waals surface area contributed by atoms with Crippen molar-refractivity contribution in [3.8, 4) is 0 Å². The largest absolute Gasteiger partial charge is 0.347 e. The van der Waals surface area contributed by atoms with Crippen LogP contribution in [-0.2, 0) is 22.6 Å². The molecule has 1 aromatic heterocycles. The summed E-state index contributed by atoms with van der Waals surface area (Å²) in [6.07, 6.45) is 0.281. The number of thiophene rings is 1. The van der Waals surface area contributed by atoms with Crippen molar-refractivity contribution in [2.24, 2.45) is 0 Å². The van der Waals surface area contributed by atoms with Crippen molar-refractivity contribution in [1.29, 1.82) is 0 Å². The van der Waals surface area contributed by atoms with Crippen LogP contribution in [0.3, 0.4) is 0 Å². The highest BCUT2D eigenvalue weighted by Crippen LogP contribution is 2.19. The van der Waals surface area contributed by atoms with Crippen molar-refractivity contribution < 1.29 is 9.59 Å². The fourth-order valence-corrected chi connectivity index (χ4v) is 4.49. The Balaban J connectivity index is 1.24. The lowest BCUT2D eigenvalue weighted by molar-refractivity contribution is -0.134. The minimum absolute atomic E-state index is 0.00737. The van der Waals surface area contributed by atoms with Gasteiger partial charge in [0.25, 0.3) is 0 Å². The monoisotopic (exact) mass is 407 g/mol. The third kappa shape index (κ3) is 5.02. The van der Waals surface area contributed by atoms with E-state index in [9.17, 15) is 9.59 Å². The first-order valence-corrected chi connectivity index (χ1v) is 10.8. The predicted octanol–water partition coefficient (Wildman–Crippen LogP) is 2.90. The maximum Gasteiger partial charge on any atom is 0.242 e. The van der Waals surface area contributed by atoms with Gasteiger partial charge in [0.15, 0.2) is 0 Å². The van der Waals surface area contributed by atoms with Crippen molar-refractivity contribution in [2.45, 2.75) is 13.0 Å². The molecule has 0 bridgehead atoms. The second kappa shape index (κ2) is 9.20. The molecular weight excluding hydrogens is 382 g/mol. The van der Waals surface area contributed by atoms with Crippen LogP contribution < -0.4 is 5.32 Å². The normalized spacial score (nSPS) is 14.8. The van der Waals surface area contributed by atoms with E-state index in [2.05, 4.69) is 27.7 Å². The number of carbonyl (C=O) groups excluding carboxylic acids is 2. The molecule has 1 fully saturated rings. The molecule has 150 valence electrons. The number of fused-ring (bicyclic) bond motifs is 1. The summed E-state index contributed by atoms with van der Waals surface area (Å²) in [6, 6.07) is 18.2. The summed E-state index contributed by atoms with van der Waals surface area (Å²) < 4.78 is 0. The molecule has 1 N–H and O–H groups in total. The Hall–Kier alpha value is -2.70. The number of amides is 2. The van der Waals surface area contributed by atoms with E-state index in [-0.39, 0.29) is 24.8 Å². The van der Waals surface area contributed by atoms with Gasteiger partial charge in [-0.05, 0) is 27.8 Å². The molecule has 2 heterocycles. The van der Waals surface area contributed by atoms with Crippen LogP contribution >= 0.6 is 11.3 Å². The molecule has 29 heavy (non-hydrogen) atoms. The van der Waals surface area contributed by atoms with Crippen molar-refractivity contribution in [1.82, 2.24) is 15.1 Å². The quantitative estimate of drug-likeness (QED) is 0.684. The average Bonchev–Trinajstić information content (AvgIpc) is 3.26. The number of nitrogens with zero attached hydrogens (tertiary/aromatic N) is 2. The van der Waals surface area contributed by atoms with Crippen LogP contribution in [0.4, 0.5) is 0 Å². The Kier molecular flexibility index (Phi) is 6.22. The highest BCUT2D eigenvalue weighted by molar-refractivity contribution is 7.09. The summed E-state index contributed by atoms with van der Waals surface area (Å²) in [4.78, 5) is 30.4. The highest BCUT2D eigenvalue weighted by Gasteiger charge is 2.21. The van der Waals surface area contributed by atoms with E-state index < -0.39 is 0 Å². The number of nitrogens with one attached hydrogen (secondary N) is 1. The molecule has 6 heteroatoms. The van der Waals surface area contributed by atoms with Gasteiger partial charge in [-0.1, -0.05) is 48.5 Å². The molecule has 3 aromatic rings. The lowest BCUT2D eigenvalue weighted by Crippen LogP contribution is -2.50. The average molecular weight is 408 g/mol. The van der Waals surface area contributed by atoms with Gasteiger partial charge in [-0.3, -0.25) is 14.5 Å². The zero-order chi connectivity index (χ0) is 20.1. The number of hydrogen-bond donors (Lipinski definition) is 1. The van der Waals surface area contributed by atoms with E-state index in [0.717, 1.165) is 36.0 Å². The zero-order valence-corrected chi connectivity index (χ0v) is 17.2. The van der Waals surface area contributed by atoms with Gasteiger partial charge >= 0.3 is 0 Å². The van der Waals surface area contributed by atoms with E-state index in [1.54, 1.807) is 11.3 Å². The molecule has 0 unspecified atom stereocenters. The van der Waals surface area contributed by atoms with Gasteiger partial charge in [0.2, 0.25) is 11.8 Å². The van der Waals surface area contributed by atoms with Crippen molar-refractivity contribution in [2.75, 3.05) is 32.7 Å². The van der Waals surface area contributed by atoms with Crippen molar-refractivity contribution >= 4 is 33.9 Å². The number of rotatable bonds is 6. The molecule has 2 aromatic carbocycles. The second-order valence-electron chi connectivity index (χ2n) is 7.33. The molecular formula is C23H25N3O2S. The van der Waals surface area contributed by atoms with E-state index in [4.69, 9.17) is 0 Å². The Morgan fingerprint density at radius 2 is 1.72 bits per heavy atom. The fraction of sp³-hybridized carbons (Fsp3) is 0.304. The summed E-state index contributed by atoms with van der Waals surface area (Å²) in [6.45, 7) is 4.17. The Labute approximate surface area is 174 Å². The molecule has 0 atom stereocenters. The molecule has 2 amide bonds. The number of carbonyl (C=O) groups is 2. The number of hydrogen-bond acceptors (Lipinski definition) is 4. The van der Waals surface area contributed by atoms with Crippen LogP contribution in [0.25, 0.3) is 10.8 Å². The Morgan fingerprint density at radius 3 is 2.52 bits per heavy atom. The van der Waals surface area contributed by atoms with Gasteiger partial charge in [0.1, 0.15) is 0 Å². The fourth-order valence-electron chi connectivity index (χ4n) is 3.75. The first-order chi connectivity index (χ1) is 14.2. The van der Waals surface area contributed by atoms with Crippen LogP contribution in [0.2, 0.25) is 0 Å². The second-order valence-corrected chi connectivity index (χ2v) is 8.36. The minimum Gasteiger partial charge on any atom is -0.347 e. The summed E-state index contributed by atoms with van der Waals surface area (Å²) in [7, 11) is 0. The number of piperazine rings is 1. The van der Waals surface area contributed by atoms with Crippen LogP contribution in [0.5, 0.6) is 0 Å². The molecule has 4 rings (SSSR count). The lowest BCUT2D eigenvalue weighted by atomic mass is 10.0. The lowest BCUT2D eigenvalue weighted by Gasteiger charge is -2.34. The first-order valence-electron chi connectivity index (χ1n) is 9.95. The van der Waals surface area contributed by atoms with Gasteiger partial charge in [-0.25, -0.2) is 0 Å². The Morgan fingerprint density at radius 1 is 0.931 bits per heavy atom. The summed E-state index contributed by atoms with van der Waals surface area (Å²) in [5, 5.41) is 7.09. The molecule has 0 saturated carbocycles. The smallest absolute Gasteiger partial charge is 0.242 e. The molecule has 0 aliphatic carbocycles. The summed E-state index contributed by atoms with van der Waals surface area (Å²) in [5.41, 5.74) is 0.982. The van der Waals surface area contributed by atoms with Gasteiger partial charge in [0, 0.05) is 37.6 Å². The number of benzene rings is 2. The molecule has 1 saturated heterocycles. The summed E-state index contributed by atoms with van der Waals surface area (Å²) >= 11 is 1.77. The van der Waals surface area contributed by atoms with E-state index in [1.807, 2.05) is 47.4 Å². The molecule has 5 nitrogen and oxygen atoms in total. The maximum absolute atomic E-state index is 12.5. The third-order valence-electron chi connectivity index (χ3n) is 5.35. The maximum atomic E-state index is 12.5. The minimum atomic E-state index is -0.119. The predicted molar refractivity (Wildman–Crippen MR) is 117 cm³/mol. The van der Waals surface area contributed by atoms with Crippen molar-refractivity contribution in [3.05, 3.63) is 70.4 Å². The highest BCUT2D eigenvalue weighted by atomic mass is 32.1. The molecule has 1 aliphatic rings. The Bertz CT molecular complexity index is 973. The summed E-state index contributed by atoms with van der Waals surface area (Å²) in [5.74, 6) is -0.127. The van der Waals surface area contributed by atoms with Gasteiger partial charge in [-0.2, -0.15) is 0 Å². The third-order valence-corrected chi connectivity index (χ3v) is 6.21. The van der Waals surface area contributed by atoms with E-state index >= 15 is 0 Å². The van der Waals surface area contributed by atoms with E-state index in [1.165, 1.54) is 4.88 Å². The van der Waals surface area contributed by atoms with Crippen LogP contribution in [-0.4, -0.2) is 54.3 Å². The SMILES string of the molecule is O=C(Cc1cccc2ccccc12)NCC(=O)N1CCN(Cc2cccs2)CC1. The van der Waals surface area contributed by atoms with Crippen LogP contribution in [0, 0.1) is 0 Å². The van der Waals surface area contributed by atoms with E-state index in [0.29, 0.717) is 13.1 Å². The molecule has 0 spiro atoms. The molecule has 1 aliphatic heterocycles. The van der Waals surface area contributed by atoms with Gasteiger partial charge < -0.3 is 10.2 Å². The van der Waals surface area contributed by atoms with Crippen LogP contribution in [0.1, 0.15) is 10.4 Å². The first kappa shape index (κ1) is 19.6. The standard InChI is InChI=1S/C23H25N3O2S/c27-22(15-19-7-3-6-18-5-1-2-9-21(18)19)24-16-23(28)26-12-10-25(11-13-26)17-20-8-4-14-29-20/h1-9,14H,10-13,15-17H2,(H,24,27).